The molecule has 0 aliphatic heterocycles. The van der Waals surface area contributed by atoms with Gasteiger partial charge in [-0.05, 0) is 19.3 Å². The Morgan fingerprint density at radius 2 is 1.38 bits per heavy atom. The Morgan fingerprint density at radius 3 is 1.85 bits per heavy atom. The summed E-state index contributed by atoms with van der Waals surface area (Å²) < 4.78 is 0. The van der Waals surface area contributed by atoms with Gasteiger partial charge in [0.25, 0.3) is 0 Å². The number of hydrogen-bond acceptors (Lipinski definition) is 2. The fourth-order valence-corrected chi connectivity index (χ4v) is 2.90. The second kappa shape index (κ2) is 15.9. The molecule has 0 saturated carbocycles. The van der Waals surface area contributed by atoms with Gasteiger partial charge in [-0.1, -0.05) is 91.6 Å². The molecule has 0 spiro atoms. The summed E-state index contributed by atoms with van der Waals surface area (Å²) in [5.74, 6) is -0.222. The van der Waals surface area contributed by atoms with Crippen molar-refractivity contribution in [2.75, 3.05) is 6.54 Å². The number of unbranched alkanes of at least 4 members (excludes halogenated alkanes) is 9. The largest absolute Gasteiger partial charge is 0.354 e. The van der Waals surface area contributed by atoms with Gasteiger partial charge in [0.15, 0.2) is 0 Å². The molecule has 0 heterocycles. The molecule has 2 atom stereocenters. The van der Waals surface area contributed by atoms with Crippen LogP contribution in [0.3, 0.4) is 0 Å². The molecule has 0 aliphatic rings. The van der Waals surface area contributed by atoms with E-state index < -0.39 is 6.04 Å². The molecule has 0 aromatic carbocycles. The Balaban J connectivity index is 3.88. The van der Waals surface area contributed by atoms with Crippen molar-refractivity contribution >= 4 is 11.8 Å². The highest BCUT2D eigenvalue weighted by Gasteiger charge is 2.25. The van der Waals surface area contributed by atoms with Crippen LogP contribution >= 0.6 is 0 Å². The lowest BCUT2D eigenvalue weighted by Gasteiger charge is -2.23. The van der Waals surface area contributed by atoms with Crippen LogP contribution in [-0.2, 0) is 9.59 Å². The van der Waals surface area contributed by atoms with Crippen LogP contribution in [0.4, 0.5) is 0 Å². The molecule has 0 saturated heterocycles. The molecule has 2 amide bonds. The second-order valence-corrected chi connectivity index (χ2v) is 7.59. The van der Waals surface area contributed by atoms with Crippen LogP contribution in [0.1, 0.15) is 98.3 Å². The maximum atomic E-state index is 12.4. The van der Waals surface area contributed by atoms with Gasteiger partial charge in [0, 0.05) is 12.1 Å². The van der Waals surface area contributed by atoms with E-state index in [1.165, 1.54) is 51.4 Å². The molecule has 0 aromatic heterocycles. The fourth-order valence-electron chi connectivity index (χ4n) is 2.90. The maximum Gasteiger partial charge on any atom is 0.246 e. The van der Waals surface area contributed by atoms with E-state index in [9.17, 15) is 9.59 Å². The van der Waals surface area contributed by atoms with Crippen molar-refractivity contribution in [1.82, 2.24) is 10.6 Å². The minimum Gasteiger partial charge on any atom is -0.354 e. The quantitative estimate of drug-likeness (QED) is 0.294. The number of carbonyl (C=O) groups is 2. The molecule has 4 heteroatoms. The number of rotatable bonds is 16. The van der Waals surface area contributed by atoms with E-state index in [1.54, 1.807) is 6.92 Å². The summed E-state index contributed by atoms with van der Waals surface area (Å²) >= 11 is 0. The molecule has 26 heavy (non-hydrogen) atoms. The maximum absolute atomic E-state index is 12.4. The number of nitrogens with one attached hydrogen (secondary N) is 2. The predicted molar refractivity (Wildman–Crippen MR) is 111 cm³/mol. The minimum absolute atomic E-state index is 0.0788. The Kier molecular flexibility index (Phi) is 15.1. The monoisotopic (exact) mass is 366 g/mol. The molecule has 4 nitrogen and oxygen atoms in total. The highest BCUT2D eigenvalue weighted by atomic mass is 16.2. The fraction of sp³-hybridized carbons (Fsp3) is 0.818. The smallest absolute Gasteiger partial charge is 0.246 e. The van der Waals surface area contributed by atoms with Crippen LogP contribution in [0.2, 0.25) is 0 Å². The van der Waals surface area contributed by atoms with Crippen LogP contribution in [0.15, 0.2) is 12.2 Å². The van der Waals surface area contributed by atoms with Crippen LogP contribution in [0, 0.1) is 5.92 Å². The van der Waals surface area contributed by atoms with Gasteiger partial charge in [0.05, 0.1) is 0 Å². The Labute approximate surface area is 161 Å². The van der Waals surface area contributed by atoms with Gasteiger partial charge in [-0.15, -0.1) is 0 Å². The average Bonchev–Trinajstić information content (AvgIpc) is 2.62. The summed E-state index contributed by atoms with van der Waals surface area (Å²) in [5, 5.41) is 5.79. The van der Waals surface area contributed by atoms with Gasteiger partial charge < -0.3 is 10.6 Å². The van der Waals surface area contributed by atoms with Crippen LogP contribution < -0.4 is 10.6 Å². The SMILES string of the molecule is C=C(C)C(=O)N[C@H](C(=O)NCCCCCCCCCCCC)[C@@H](C)CC. The number of carbonyl (C=O) groups excluding carboxylic acids is 2. The van der Waals surface area contributed by atoms with Gasteiger partial charge in [0.1, 0.15) is 6.04 Å². The number of amides is 2. The molecular formula is C22H42N2O2. The van der Waals surface area contributed by atoms with Crippen molar-refractivity contribution in [3.05, 3.63) is 12.2 Å². The summed E-state index contributed by atoms with van der Waals surface area (Å²) in [6.07, 6.45) is 13.6. The van der Waals surface area contributed by atoms with Gasteiger partial charge in [-0.2, -0.15) is 0 Å². The zero-order valence-corrected chi connectivity index (χ0v) is 17.7. The van der Waals surface area contributed by atoms with Crippen molar-refractivity contribution in [2.24, 2.45) is 5.92 Å². The first-order valence-electron chi connectivity index (χ1n) is 10.7. The van der Waals surface area contributed by atoms with Crippen molar-refractivity contribution < 1.29 is 9.59 Å². The van der Waals surface area contributed by atoms with Crippen molar-refractivity contribution in [1.29, 1.82) is 0 Å². The summed E-state index contributed by atoms with van der Waals surface area (Å²) in [4.78, 5) is 24.3. The van der Waals surface area contributed by atoms with E-state index >= 15 is 0 Å². The zero-order valence-electron chi connectivity index (χ0n) is 17.7. The zero-order chi connectivity index (χ0) is 19.8. The first-order valence-corrected chi connectivity index (χ1v) is 10.7. The van der Waals surface area contributed by atoms with E-state index in [4.69, 9.17) is 0 Å². The second-order valence-electron chi connectivity index (χ2n) is 7.59. The van der Waals surface area contributed by atoms with Crippen LogP contribution in [0.25, 0.3) is 0 Å². The molecule has 2 N–H and O–H groups in total. The Bertz CT molecular complexity index is 407. The third kappa shape index (κ3) is 12.1. The molecule has 0 aliphatic carbocycles. The number of hydrogen-bond donors (Lipinski definition) is 2. The summed E-state index contributed by atoms with van der Waals surface area (Å²) in [7, 11) is 0. The van der Waals surface area contributed by atoms with Gasteiger partial charge >= 0.3 is 0 Å². The van der Waals surface area contributed by atoms with Crippen molar-refractivity contribution in [3.63, 3.8) is 0 Å². The minimum atomic E-state index is -0.479. The summed E-state index contributed by atoms with van der Waals surface area (Å²) in [5.41, 5.74) is 0.431. The lowest BCUT2D eigenvalue weighted by atomic mass is 9.98. The molecule has 0 rings (SSSR count). The van der Waals surface area contributed by atoms with Crippen molar-refractivity contribution in [2.45, 2.75) is 104 Å². The standard InChI is InChI=1S/C22H42N2O2/c1-6-8-9-10-11-12-13-14-15-16-17-23-22(26)20(19(5)7-2)24-21(25)18(3)4/h19-20H,3,6-17H2,1-2,4-5H3,(H,23,26)(H,24,25)/t19-,20-/m0/s1. The first kappa shape index (κ1) is 24.7. The van der Waals surface area contributed by atoms with Crippen LogP contribution in [0.5, 0.6) is 0 Å². The molecule has 0 unspecified atom stereocenters. The van der Waals surface area contributed by atoms with E-state index in [0.717, 1.165) is 19.3 Å². The molecule has 0 radical (unpaired) electrons. The molecule has 0 fully saturated rings. The predicted octanol–water partition coefficient (Wildman–Crippen LogP) is 5.13. The van der Waals surface area contributed by atoms with E-state index in [0.29, 0.717) is 12.1 Å². The van der Waals surface area contributed by atoms with E-state index in [-0.39, 0.29) is 17.7 Å². The molecule has 0 bridgehead atoms. The summed E-state index contributed by atoms with van der Waals surface area (Å²) in [6, 6.07) is -0.479. The normalized spacial score (nSPS) is 13.1. The van der Waals surface area contributed by atoms with Gasteiger partial charge in [0.2, 0.25) is 11.8 Å². The highest BCUT2D eigenvalue weighted by molar-refractivity contribution is 5.96. The lowest BCUT2D eigenvalue weighted by molar-refractivity contribution is -0.128. The first-order chi connectivity index (χ1) is 12.4. The lowest BCUT2D eigenvalue weighted by Crippen LogP contribution is -2.50. The highest BCUT2D eigenvalue weighted by Crippen LogP contribution is 2.11. The van der Waals surface area contributed by atoms with Crippen LogP contribution in [-0.4, -0.2) is 24.4 Å². The summed E-state index contributed by atoms with van der Waals surface area (Å²) in [6.45, 7) is 12.2. The Hall–Kier alpha value is -1.32. The third-order valence-corrected chi connectivity index (χ3v) is 5.00. The van der Waals surface area contributed by atoms with Gasteiger partial charge in [-0.25, -0.2) is 0 Å². The topological polar surface area (TPSA) is 58.2 Å². The molecular weight excluding hydrogens is 324 g/mol. The molecule has 0 aromatic rings. The van der Waals surface area contributed by atoms with E-state index in [2.05, 4.69) is 24.1 Å². The average molecular weight is 367 g/mol. The van der Waals surface area contributed by atoms with Crippen molar-refractivity contribution in [3.8, 4) is 0 Å². The van der Waals surface area contributed by atoms with E-state index in [1.807, 2.05) is 13.8 Å². The third-order valence-electron chi connectivity index (χ3n) is 5.00. The van der Waals surface area contributed by atoms with Gasteiger partial charge in [-0.3, -0.25) is 9.59 Å². The molecule has 152 valence electrons. The Morgan fingerprint density at radius 1 is 0.885 bits per heavy atom.